The summed E-state index contributed by atoms with van der Waals surface area (Å²) in [6.45, 7) is 16.8. The highest BCUT2D eigenvalue weighted by atomic mass is 14.4. The normalized spacial score (nSPS) is 20.2. The summed E-state index contributed by atoms with van der Waals surface area (Å²) in [6.07, 6.45) is 10.3. The van der Waals surface area contributed by atoms with Gasteiger partial charge in [-0.2, -0.15) is 0 Å². The summed E-state index contributed by atoms with van der Waals surface area (Å²) in [6, 6.07) is 6.51. The molecule has 0 heteroatoms. The maximum absolute atomic E-state index is 4.23. The van der Waals surface area contributed by atoms with Crippen LogP contribution < -0.4 is 0 Å². The van der Waals surface area contributed by atoms with Crippen molar-refractivity contribution in [1.82, 2.24) is 0 Å². The Balaban J connectivity index is 2.80. The number of hydrogen-bond acceptors (Lipinski definition) is 0. The van der Waals surface area contributed by atoms with Crippen LogP contribution in [-0.2, 0) is 5.41 Å². The summed E-state index contributed by atoms with van der Waals surface area (Å²) in [5, 5.41) is 0. The fraction of sp³-hybridized carbons (Fsp3) is 0.238. The van der Waals surface area contributed by atoms with Crippen LogP contribution in [-0.4, -0.2) is 0 Å². The van der Waals surface area contributed by atoms with Crippen LogP contribution in [0.5, 0.6) is 0 Å². The molecule has 0 nitrogen and oxygen atoms in total. The molecule has 0 aromatic heterocycles. The van der Waals surface area contributed by atoms with Crippen LogP contribution in [0, 0.1) is 0 Å². The first-order valence-corrected chi connectivity index (χ1v) is 7.44. The summed E-state index contributed by atoms with van der Waals surface area (Å²) in [5.74, 6) is 0. The SMILES string of the molecule is C=C/C=C1\C(=C/C)c2cccc(C(=C)/C=C\C)c2C1(C)C. The van der Waals surface area contributed by atoms with E-state index in [4.69, 9.17) is 0 Å². The molecule has 1 aliphatic carbocycles. The van der Waals surface area contributed by atoms with Crippen molar-refractivity contribution < 1.29 is 0 Å². The second-order valence-electron chi connectivity index (χ2n) is 5.90. The molecular formula is C21H24. The Morgan fingerprint density at radius 3 is 2.48 bits per heavy atom. The molecule has 2 rings (SSSR count). The first-order chi connectivity index (χ1) is 9.98. The van der Waals surface area contributed by atoms with E-state index in [0.717, 1.165) is 5.57 Å². The first-order valence-electron chi connectivity index (χ1n) is 7.44. The fourth-order valence-electron chi connectivity index (χ4n) is 3.35. The van der Waals surface area contributed by atoms with Crippen LogP contribution in [0.3, 0.4) is 0 Å². The monoisotopic (exact) mass is 276 g/mol. The highest BCUT2D eigenvalue weighted by Crippen LogP contribution is 2.51. The van der Waals surface area contributed by atoms with Gasteiger partial charge in [0.15, 0.2) is 0 Å². The molecule has 0 saturated heterocycles. The second kappa shape index (κ2) is 5.73. The molecule has 0 N–H and O–H groups in total. The molecule has 0 amide bonds. The van der Waals surface area contributed by atoms with E-state index < -0.39 is 0 Å². The molecule has 21 heavy (non-hydrogen) atoms. The van der Waals surface area contributed by atoms with Gasteiger partial charge in [-0.3, -0.25) is 0 Å². The fourth-order valence-corrected chi connectivity index (χ4v) is 3.35. The Bertz CT molecular complexity index is 676. The van der Waals surface area contributed by atoms with E-state index in [1.54, 1.807) is 0 Å². The lowest BCUT2D eigenvalue weighted by atomic mass is 9.78. The lowest BCUT2D eigenvalue weighted by molar-refractivity contribution is 0.659. The Hall–Kier alpha value is -2.08. The molecule has 0 spiro atoms. The number of benzene rings is 1. The van der Waals surface area contributed by atoms with Crippen molar-refractivity contribution in [3.8, 4) is 0 Å². The van der Waals surface area contributed by atoms with Crippen molar-refractivity contribution in [3.05, 3.63) is 84.0 Å². The van der Waals surface area contributed by atoms with Crippen LogP contribution in [0.15, 0.2) is 67.3 Å². The van der Waals surface area contributed by atoms with Crippen molar-refractivity contribution in [2.45, 2.75) is 33.1 Å². The predicted molar refractivity (Wildman–Crippen MR) is 95.2 cm³/mol. The Morgan fingerprint density at radius 2 is 1.90 bits per heavy atom. The summed E-state index contributed by atoms with van der Waals surface area (Å²) < 4.78 is 0. The standard InChI is InChI=1S/C21H24/c1-7-11-15(4)17-13-10-14-18-16(9-3)19(12-8-2)21(5,6)20(17)18/h7-14H,2,4H2,1,3,5-6H3/b11-7-,16-9-,19-12+. The van der Waals surface area contributed by atoms with Gasteiger partial charge < -0.3 is 0 Å². The minimum atomic E-state index is -0.0352. The minimum absolute atomic E-state index is 0.0352. The first kappa shape index (κ1) is 15.3. The summed E-state index contributed by atoms with van der Waals surface area (Å²) in [5.41, 5.74) is 7.60. The molecule has 0 radical (unpaired) electrons. The number of rotatable bonds is 3. The molecule has 0 aliphatic heterocycles. The highest BCUT2D eigenvalue weighted by Gasteiger charge is 2.39. The topological polar surface area (TPSA) is 0 Å². The largest absolute Gasteiger partial charge is 0.0991 e. The van der Waals surface area contributed by atoms with Crippen molar-refractivity contribution in [1.29, 1.82) is 0 Å². The Morgan fingerprint density at radius 1 is 1.19 bits per heavy atom. The quantitative estimate of drug-likeness (QED) is 0.587. The van der Waals surface area contributed by atoms with E-state index in [-0.39, 0.29) is 5.41 Å². The van der Waals surface area contributed by atoms with Gasteiger partial charge in [0, 0.05) is 5.41 Å². The minimum Gasteiger partial charge on any atom is -0.0991 e. The van der Waals surface area contributed by atoms with Gasteiger partial charge in [-0.1, -0.05) is 75.6 Å². The van der Waals surface area contributed by atoms with E-state index in [2.05, 4.69) is 70.4 Å². The van der Waals surface area contributed by atoms with Crippen LogP contribution >= 0.6 is 0 Å². The third kappa shape index (κ3) is 2.35. The van der Waals surface area contributed by atoms with Crippen LogP contribution in [0.2, 0.25) is 0 Å². The van der Waals surface area contributed by atoms with Crippen LogP contribution in [0.1, 0.15) is 44.4 Å². The van der Waals surface area contributed by atoms with E-state index >= 15 is 0 Å². The average molecular weight is 276 g/mol. The third-order valence-corrected chi connectivity index (χ3v) is 4.23. The maximum atomic E-state index is 4.23. The zero-order valence-corrected chi connectivity index (χ0v) is 13.5. The van der Waals surface area contributed by atoms with Crippen molar-refractivity contribution in [3.63, 3.8) is 0 Å². The Labute approximate surface area is 128 Å². The van der Waals surface area contributed by atoms with Crippen molar-refractivity contribution >= 4 is 11.1 Å². The lowest BCUT2D eigenvalue weighted by Crippen LogP contribution is -2.17. The second-order valence-corrected chi connectivity index (χ2v) is 5.90. The summed E-state index contributed by atoms with van der Waals surface area (Å²) in [4.78, 5) is 0. The third-order valence-electron chi connectivity index (χ3n) is 4.23. The van der Waals surface area contributed by atoms with Gasteiger partial charge in [0.2, 0.25) is 0 Å². The summed E-state index contributed by atoms with van der Waals surface area (Å²) >= 11 is 0. The van der Waals surface area contributed by atoms with Gasteiger partial charge in [0.05, 0.1) is 0 Å². The Kier molecular flexibility index (Phi) is 4.18. The molecule has 0 unspecified atom stereocenters. The van der Waals surface area contributed by atoms with E-state index in [9.17, 15) is 0 Å². The molecule has 0 bridgehead atoms. The molecule has 0 saturated carbocycles. The van der Waals surface area contributed by atoms with E-state index in [1.807, 2.05) is 19.1 Å². The van der Waals surface area contributed by atoms with Gasteiger partial charge in [-0.15, -0.1) is 0 Å². The molecule has 1 aliphatic rings. The molecule has 0 heterocycles. The summed E-state index contributed by atoms with van der Waals surface area (Å²) in [7, 11) is 0. The van der Waals surface area contributed by atoms with Gasteiger partial charge in [-0.05, 0) is 47.3 Å². The zero-order chi connectivity index (χ0) is 15.6. The number of allylic oxidation sites excluding steroid dienone is 8. The van der Waals surface area contributed by atoms with E-state index in [0.29, 0.717) is 0 Å². The zero-order valence-electron chi connectivity index (χ0n) is 13.5. The molecule has 1 aromatic rings. The number of fused-ring (bicyclic) bond motifs is 1. The molecular weight excluding hydrogens is 252 g/mol. The van der Waals surface area contributed by atoms with E-state index in [1.165, 1.54) is 27.8 Å². The van der Waals surface area contributed by atoms with Gasteiger partial charge in [-0.25, -0.2) is 0 Å². The van der Waals surface area contributed by atoms with Gasteiger partial charge in [0.25, 0.3) is 0 Å². The van der Waals surface area contributed by atoms with Crippen LogP contribution in [0.25, 0.3) is 11.1 Å². The number of hydrogen-bond donors (Lipinski definition) is 0. The van der Waals surface area contributed by atoms with Crippen molar-refractivity contribution in [2.75, 3.05) is 0 Å². The van der Waals surface area contributed by atoms with Gasteiger partial charge >= 0.3 is 0 Å². The predicted octanol–water partition coefficient (Wildman–Crippen LogP) is 6.08. The van der Waals surface area contributed by atoms with Gasteiger partial charge in [0.1, 0.15) is 0 Å². The average Bonchev–Trinajstić information content (AvgIpc) is 2.68. The highest BCUT2D eigenvalue weighted by molar-refractivity contribution is 5.93. The molecule has 108 valence electrons. The molecule has 0 fully saturated rings. The maximum Gasteiger partial charge on any atom is 0.0164 e. The molecule has 0 atom stereocenters. The molecule has 1 aromatic carbocycles. The van der Waals surface area contributed by atoms with Crippen LogP contribution in [0.4, 0.5) is 0 Å². The lowest BCUT2D eigenvalue weighted by Gasteiger charge is -2.24. The van der Waals surface area contributed by atoms with Crippen molar-refractivity contribution in [2.24, 2.45) is 0 Å². The smallest absolute Gasteiger partial charge is 0.0164 e.